The molecule has 0 radical (unpaired) electrons. The normalized spacial score (nSPS) is 10.7. The number of aromatic nitrogens is 2. The number of benzene rings is 3. The zero-order valence-electron chi connectivity index (χ0n) is 17.4. The third kappa shape index (κ3) is 5.34. The molecule has 0 saturated heterocycles. The Bertz CT molecular complexity index is 1240. The van der Waals surface area contributed by atoms with Gasteiger partial charge in [0.2, 0.25) is 0 Å². The number of rotatable bonds is 7. The van der Waals surface area contributed by atoms with E-state index in [1.54, 1.807) is 53.2 Å². The third-order valence-corrected chi connectivity index (χ3v) is 5.15. The molecule has 4 aromatic rings. The van der Waals surface area contributed by atoms with E-state index < -0.39 is 0 Å². The molecule has 162 valence electrons. The molecule has 1 N–H and O–H groups in total. The van der Waals surface area contributed by atoms with Crippen molar-refractivity contribution in [2.24, 2.45) is 0 Å². The molecule has 0 aliphatic carbocycles. The number of halogens is 2. The van der Waals surface area contributed by atoms with Crippen LogP contribution in [0.25, 0.3) is 0 Å². The Morgan fingerprint density at radius 3 is 2.59 bits per heavy atom. The lowest BCUT2D eigenvalue weighted by atomic mass is 10.1. The number of nitrogens with one attached hydrogen (secondary N) is 1. The van der Waals surface area contributed by atoms with Crippen LogP contribution in [-0.2, 0) is 13.2 Å². The quantitative estimate of drug-likeness (QED) is 0.384. The number of amides is 1. The van der Waals surface area contributed by atoms with E-state index >= 15 is 0 Å². The van der Waals surface area contributed by atoms with Gasteiger partial charge in [0.1, 0.15) is 18.2 Å². The lowest BCUT2D eigenvalue weighted by Gasteiger charge is -2.08. The molecule has 0 aliphatic rings. The van der Waals surface area contributed by atoms with Gasteiger partial charge in [0, 0.05) is 27.9 Å². The lowest BCUT2D eigenvalue weighted by Crippen LogP contribution is -2.13. The summed E-state index contributed by atoms with van der Waals surface area (Å²) in [5.74, 6) is 0.535. The number of ether oxygens (including phenoxy) is 1. The van der Waals surface area contributed by atoms with Crippen LogP contribution in [0.15, 0.2) is 78.9 Å². The molecule has 0 bridgehead atoms. The van der Waals surface area contributed by atoms with E-state index in [1.165, 1.54) is 6.07 Å². The molecule has 4 rings (SSSR count). The predicted molar refractivity (Wildman–Crippen MR) is 123 cm³/mol. The topological polar surface area (TPSA) is 56.1 Å². The Morgan fingerprint density at radius 2 is 1.84 bits per heavy atom. The summed E-state index contributed by atoms with van der Waals surface area (Å²) in [5.41, 5.74) is 2.77. The van der Waals surface area contributed by atoms with Crippen LogP contribution in [0.1, 0.15) is 27.2 Å². The van der Waals surface area contributed by atoms with Gasteiger partial charge < -0.3 is 10.1 Å². The SMILES string of the molecule is Cc1cc(NC(=O)c2ccc(COc3cccc(Cl)c3)cc2)nn1Cc1ccccc1F. The average molecular weight is 450 g/mol. The maximum Gasteiger partial charge on any atom is 0.256 e. The second-order valence-electron chi connectivity index (χ2n) is 7.32. The zero-order valence-corrected chi connectivity index (χ0v) is 18.1. The minimum atomic E-state index is -0.285. The summed E-state index contributed by atoms with van der Waals surface area (Å²) in [6.07, 6.45) is 0. The first-order valence-electron chi connectivity index (χ1n) is 10.0. The van der Waals surface area contributed by atoms with Crippen molar-refractivity contribution in [2.75, 3.05) is 5.32 Å². The second-order valence-corrected chi connectivity index (χ2v) is 7.75. The molecular formula is C25H21ClFN3O2. The van der Waals surface area contributed by atoms with Crippen molar-refractivity contribution in [2.45, 2.75) is 20.1 Å². The average Bonchev–Trinajstić information content (AvgIpc) is 3.12. The summed E-state index contributed by atoms with van der Waals surface area (Å²) in [6.45, 7) is 2.51. The van der Waals surface area contributed by atoms with E-state index in [0.29, 0.717) is 34.3 Å². The number of carbonyl (C=O) groups excluding carboxylic acids is 1. The van der Waals surface area contributed by atoms with Gasteiger partial charge in [0.25, 0.3) is 5.91 Å². The van der Waals surface area contributed by atoms with Crippen molar-refractivity contribution in [3.05, 3.63) is 112 Å². The van der Waals surface area contributed by atoms with Crippen molar-refractivity contribution in [1.29, 1.82) is 0 Å². The molecule has 0 unspecified atom stereocenters. The highest BCUT2D eigenvalue weighted by atomic mass is 35.5. The molecule has 0 saturated carbocycles. The van der Waals surface area contributed by atoms with Crippen LogP contribution in [0, 0.1) is 12.7 Å². The van der Waals surface area contributed by atoms with E-state index in [0.717, 1.165) is 11.3 Å². The van der Waals surface area contributed by atoms with Crippen LogP contribution in [-0.4, -0.2) is 15.7 Å². The van der Waals surface area contributed by atoms with Crippen molar-refractivity contribution < 1.29 is 13.9 Å². The lowest BCUT2D eigenvalue weighted by molar-refractivity contribution is 0.102. The predicted octanol–water partition coefficient (Wildman–Crippen LogP) is 5.86. The van der Waals surface area contributed by atoms with Gasteiger partial charge in [-0.25, -0.2) is 4.39 Å². The Labute approximate surface area is 190 Å². The summed E-state index contributed by atoms with van der Waals surface area (Å²) in [7, 11) is 0. The molecule has 0 aliphatic heterocycles. The number of hydrogen-bond donors (Lipinski definition) is 1. The van der Waals surface area contributed by atoms with E-state index in [1.807, 2.05) is 31.2 Å². The second kappa shape index (κ2) is 9.66. The van der Waals surface area contributed by atoms with E-state index in [4.69, 9.17) is 16.3 Å². The molecule has 0 spiro atoms. The molecule has 1 heterocycles. The van der Waals surface area contributed by atoms with Crippen molar-refractivity contribution in [1.82, 2.24) is 9.78 Å². The van der Waals surface area contributed by atoms with E-state index in [-0.39, 0.29) is 18.3 Å². The van der Waals surface area contributed by atoms with Crippen molar-refractivity contribution >= 4 is 23.3 Å². The van der Waals surface area contributed by atoms with E-state index in [9.17, 15) is 9.18 Å². The fourth-order valence-corrected chi connectivity index (χ4v) is 3.36. The molecule has 0 atom stereocenters. The molecule has 32 heavy (non-hydrogen) atoms. The Morgan fingerprint density at radius 1 is 1.06 bits per heavy atom. The number of aryl methyl sites for hydroxylation is 1. The third-order valence-electron chi connectivity index (χ3n) is 4.92. The fourth-order valence-electron chi connectivity index (χ4n) is 3.18. The van der Waals surface area contributed by atoms with Gasteiger partial charge >= 0.3 is 0 Å². The van der Waals surface area contributed by atoms with Gasteiger partial charge in [0.15, 0.2) is 5.82 Å². The van der Waals surface area contributed by atoms with Gasteiger partial charge in [-0.1, -0.05) is 48.0 Å². The minimum Gasteiger partial charge on any atom is -0.489 e. The van der Waals surface area contributed by atoms with Crippen LogP contribution < -0.4 is 10.1 Å². The number of nitrogens with zero attached hydrogens (tertiary/aromatic N) is 2. The molecule has 0 fully saturated rings. The summed E-state index contributed by atoms with van der Waals surface area (Å²) >= 11 is 5.96. The zero-order chi connectivity index (χ0) is 22.5. The Balaban J connectivity index is 1.37. The summed E-state index contributed by atoms with van der Waals surface area (Å²) < 4.78 is 21.3. The first-order chi connectivity index (χ1) is 15.5. The van der Waals surface area contributed by atoms with Gasteiger partial charge in [-0.15, -0.1) is 0 Å². The van der Waals surface area contributed by atoms with Crippen LogP contribution in [0.4, 0.5) is 10.2 Å². The number of hydrogen-bond acceptors (Lipinski definition) is 3. The summed E-state index contributed by atoms with van der Waals surface area (Å²) in [6, 6.07) is 22.6. The number of anilines is 1. The molecule has 1 aromatic heterocycles. The fraction of sp³-hybridized carbons (Fsp3) is 0.120. The highest BCUT2D eigenvalue weighted by Gasteiger charge is 2.12. The van der Waals surface area contributed by atoms with Gasteiger partial charge in [-0.3, -0.25) is 9.48 Å². The highest BCUT2D eigenvalue weighted by molar-refractivity contribution is 6.30. The van der Waals surface area contributed by atoms with Crippen molar-refractivity contribution in [3.63, 3.8) is 0 Å². The van der Waals surface area contributed by atoms with Gasteiger partial charge in [-0.05, 0) is 48.9 Å². The largest absolute Gasteiger partial charge is 0.489 e. The molecule has 3 aromatic carbocycles. The molecule has 7 heteroatoms. The monoisotopic (exact) mass is 449 g/mol. The summed E-state index contributed by atoms with van der Waals surface area (Å²) in [5, 5.41) is 7.79. The van der Waals surface area contributed by atoms with Crippen molar-refractivity contribution in [3.8, 4) is 5.75 Å². The van der Waals surface area contributed by atoms with Gasteiger partial charge in [-0.2, -0.15) is 5.10 Å². The van der Waals surface area contributed by atoms with Crippen LogP contribution in [0.2, 0.25) is 5.02 Å². The molecule has 1 amide bonds. The number of carbonyl (C=O) groups is 1. The highest BCUT2D eigenvalue weighted by Crippen LogP contribution is 2.19. The Kier molecular flexibility index (Phi) is 6.52. The maximum atomic E-state index is 13.9. The molecule has 5 nitrogen and oxygen atoms in total. The summed E-state index contributed by atoms with van der Waals surface area (Å²) in [4.78, 5) is 12.6. The molecular weight excluding hydrogens is 429 g/mol. The van der Waals surface area contributed by atoms with Crippen LogP contribution >= 0.6 is 11.6 Å². The Hall–Kier alpha value is -3.64. The minimum absolute atomic E-state index is 0.275. The standard InChI is InChI=1S/C25H21ClFN3O2/c1-17-13-24(29-30(17)15-20-5-2-3-8-23(20)27)28-25(31)19-11-9-18(10-12-19)16-32-22-7-4-6-21(26)14-22/h2-14H,15-16H2,1H3,(H,28,29,31). The van der Waals surface area contributed by atoms with Crippen LogP contribution in [0.3, 0.4) is 0 Å². The first-order valence-corrected chi connectivity index (χ1v) is 10.4. The first kappa shape index (κ1) is 21.6. The van der Waals surface area contributed by atoms with E-state index in [2.05, 4.69) is 10.4 Å². The van der Waals surface area contributed by atoms with Crippen LogP contribution in [0.5, 0.6) is 5.75 Å². The smallest absolute Gasteiger partial charge is 0.256 e. The van der Waals surface area contributed by atoms with Gasteiger partial charge in [0.05, 0.1) is 6.54 Å². The maximum absolute atomic E-state index is 13.9.